The topological polar surface area (TPSA) is 75.5 Å². The lowest BCUT2D eigenvalue weighted by Gasteiger charge is -2.21. The first kappa shape index (κ1) is 19.2. The van der Waals surface area contributed by atoms with Gasteiger partial charge in [-0.05, 0) is 30.9 Å². The number of likely N-dealkylation sites (tertiary alicyclic amines) is 1. The molecule has 0 aliphatic carbocycles. The molecule has 0 amide bonds. The summed E-state index contributed by atoms with van der Waals surface area (Å²) in [7, 11) is 0. The lowest BCUT2D eigenvalue weighted by atomic mass is 9.97. The molecule has 2 unspecified atom stereocenters. The van der Waals surface area contributed by atoms with Crippen molar-refractivity contribution in [3.8, 4) is 0 Å². The average Bonchev–Trinajstić information content (AvgIpc) is 3.41. The number of aromatic nitrogens is 4. The summed E-state index contributed by atoms with van der Waals surface area (Å²) in [6.45, 7) is 6.41. The van der Waals surface area contributed by atoms with Gasteiger partial charge in [-0.1, -0.05) is 18.5 Å². The summed E-state index contributed by atoms with van der Waals surface area (Å²) >= 11 is 7.70. The van der Waals surface area contributed by atoms with Crippen LogP contribution in [0.4, 0.5) is 0 Å². The quantitative estimate of drug-likeness (QED) is 0.683. The van der Waals surface area contributed by atoms with E-state index < -0.39 is 0 Å². The summed E-state index contributed by atoms with van der Waals surface area (Å²) in [4.78, 5) is 24.0. The van der Waals surface area contributed by atoms with Crippen molar-refractivity contribution in [2.75, 3.05) is 26.3 Å². The van der Waals surface area contributed by atoms with E-state index in [4.69, 9.17) is 21.4 Å². The molecule has 1 N–H and O–H groups in total. The van der Waals surface area contributed by atoms with Crippen LogP contribution in [0.2, 0.25) is 4.34 Å². The van der Waals surface area contributed by atoms with Gasteiger partial charge in [0, 0.05) is 49.6 Å². The summed E-state index contributed by atoms with van der Waals surface area (Å²) < 4.78 is 8.07. The number of nitrogens with zero attached hydrogens (tertiary/aromatic N) is 4. The molecule has 9 heteroatoms. The number of nitrogens with one attached hydrogen (secondary N) is 1. The van der Waals surface area contributed by atoms with Gasteiger partial charge in [0.1, 0.15) is 11.6 Å². The highest BCUT2D eigenvalue weighted by Gasteiger charge is 2.33. The fraction of sp³-hybridized carbons (Fsp3) is 0.550. The highest BCUT2D eigenvalue weighted by Crippen LogP contribution is 2.33. The Labute approximate surface area is 177 Å². The Kier molecular flexibility index (Phi) is 5.19. The minimum Gasteiger partial charge on any atom is -0.381 e. The first-order chi connectivity index (χ1) is 14.1. The minimum absolute atomic E-state index is 0.114. The molecule has 3 aromatic rings. The van der Waals surface area contributed by atoms with Crippen molar-refractivity contribution >= 4 is 28.5 Å². The van der Waals surface area contributed by atoms with Gasteiger partial charge < -0.3 is 9.72 Å². The van der Waals surface area contributed by atoms with Gasteiger partial charge in [-0.2, -0.15) is 5.10 Å². The van der Waals surface area contributed by atoms with Crippen molar-refractivity contribution < 1.29 is 4.74 Å². The van der Waals surface area contributed by atoms with Gasteiger partial charge >= 0.3 is 0 Å². The van der Waals surface area contributed by atoms with Crippen LogP contribution in [0.25, 0.3) is 5.52 Å². The maximum Gasteiger partial charge on any atom is 0.276 e. The summed E-state index contributed by atoms with van der Waals surface area (Å²) in [6.07, 6.45) is 3.48. The Morgan fingerprint density at radius 1 is 1.31 bits per heavy atom. The zero-order valence-corrected chi connectivity index (χ0v) is 17.9. The second-order valence-corrected chi connectivity index (χ2v) is 9.92. The predicted molar refractivity (Wildman–Crippen MR) is 113 cm³/mol. The van der Waals surface area contributed by atoms with Crippen molar-refractivity contribution in [2.45, 2.75) is 38.1 Å². The molecule has 2 atom stereocenters. The zero-order valence-electron chi connectivity index (χ0n) is 16.3. The summed E-state index contributed by atoms with van der Waals surface area (Å²) in [5, 5.41) is 4.86. The maximum atomic E-state index is 12.7. The molecule has 0 spiro atoms. The van der Waals surface area contributed by atoms with E-state index in [0.717, 1.165) is 61.7 Å². The summed E-state index contributed by atoms with van der Waals surface area (Å²) in [5.74, 6) is 2.52. The van der Waals surface area contributed by atoms with Gasteiger partial charge in [0.25, 0.3) is 5.56 Å². The predicted octanol–water partition coefficient (Wildman–Crippen LogP) is 3.26. The molecule has 0 radical (unpaired) electrons. The fourth-order valence-electron chi connectivity index (χ4n) is 4.54. The van der Waals surface area contributed by atoms with E-state index in [1.54, 1.807) is 22.0 Å². The Balaban J connectivity index is 1.42. The van der Waals surface area contributed by atoms with E-state index in [1.807, 2.05) is 6.07 Å². The number of hydrogen-bond donors (Lipinski definition) is 1. The molecule has 3 aromatic heterocycles. The molecule has 7 nitrogen and oxygen atoms in total. The molecule has 2 fully saturated rings. The maximum absolute atomic E-state index is 12.7. The molecule has 5 rings (SSSR count). The van der Waals surface area contributed by atoms with Crippen LogP contribution in [-0.4, -0.2) is 50.8 Å². The first-order valence-electron chi connectivity index (χ1n) is 10.1. The fourth-order valence-corrected chi connectivity index (χ4v) is 5.67. The second-order valence-electron chi connectivity index (χ2n) is 8.12. The first-order valence-corrected chi connectivity index (χ1v) is 11.3. The Hall–Kier alpha value is -1.74. The number of fused-ring (bicyclic) bond motifs is 1. The van der Waals surface area contributed by atoms with Gasteiger partial charge in [-0.15, -0.1) is 11.3 Å². The van der Waals surface area contributed by atoms with Crippen LogP contribution in [-0.2, 0) is 11.3 Å². The molecule has 0 aromatic carbocycles. The molecule has 0 saturated carbocycles. The normalized spacial score (nSPS) is 23.9. The molecule has 29 heavy (non-hydrogen) atoms. The molecule has 2 saturated heterocycles. The highest BCUT2D eigenvalue weighted by molar-refractivity contribution is 7.16. The number of hydrogen-bond acceptors (Lipinski definition) is 6. The highest BCUT2D eigenvalue weighted by atomic mass is 35.5. The van der Waals surface area contributed by atoms with Crippen molar-refractivity contribution in [3.63, 3.8) is 0 Å². The largest absolute Gasteiger partial charge is 0.381 e. The van der Waals surface area contributed by atoms with E-state index in [-0.39, 0.29) is 17.4 Å². The van der Waals surface area contributed by atoms with Crippen molar-refractivity contribution in [1.29, 1.82) is 0 Å². The third-order valence-electron chi connectivity index (χ3n) is 6.08. The summed E-state index contributed by atoms with van der Waals surface area (Å²) in [5.41, 5.74) is 0.405. The second kappa shape index (κ2) is 7.83. The Morgan fingerprint density at radius 2 is 2.14 bits per heavy atom. The van der Waals surface area contributed by atoms with Crippen LogP contribution in [0.1, 0.15) is 48.1 Å². The third kappa shape index (κ3) is 3.74. The molecule has 154 valence electrons. The molecular formula is C20H24ClN5O2S. The Morgan fingerprint density at radius 3 is 2.90 bits per heavy atom. The van der Waals surface area contributed by atoms with Crippen LogP contribution in [0.3, 0.4) is 0 Å². The number of thiophene rings is 1. The monoisotopic (exact) mass is 433 g/mol. The number of ether oxygens (including phenoxy) is 1. The van der Waals surface area contributed by atoms with Crippen LogP contribution >= 0.6 is 22.9 Å². The van der Waals surface area contributed by atoms with E-state index in [2.05, 4.69) is 27.9 Å². The van der Waals surface area contributed by atoms with Crippen LogP contribution in [0.15, 0.2) is 23.1 Å². The lowest BCUT2D eigenvalue weighted by Crippen LogP contribution is -2.24. The number of imidazole rings is 1. The average molecular weight is 434 g/mol. The standard InChI is InChI=1S/C20H24ClN5O2S/c1-12-9-25(10-14-2-3-17(21)29-14)11-15(12)18-23-20(27)16-8-22-19(26(16)24-18)13-4-6-28-7-5-13/h2-3,8,12-13,15H,4-7,9-11H2,1H3,(H,23,24,27). The molecule has 0 bridgehead atoms. The minimum atomic E-state index is -0.114. The van der Waals surface area contributed by atoms with Gasteiger partial charge in [0.2, 0.25) is 0 Å². The summed E-state index contributed by atoms with van der Waals surface area (Å²) in [6, 6.07) is 4.03. The third-order valence-corrected chi connectivity index (χ3v) is 7.30. The molecule has 2 aliphatic heterocycles. The zero-order chi connectivity index (χ0) is 20.0. The number of aromatic amines is 1. The van der Waals surface area contributed by atoms with Crippen LogP contribution in [0, 0.1) is 5.92 Å². The van der Waals surface area contributed by atoms with Crippen LogP contribution < -0.4 is 5.56 Å². The lowest BCUT2D eigenvalue weighted by molar-refractivity contribution is 0.0832. The van der Waals surface area contributed by atoms with Gasteiger partial charge in [-0.25, -0.2) is 9.50 Å². The van der Waals surface area contributed by atoms with Gasteiger partial charge in [0.15, 0.2) is 5.52 Å². The van der Waals surface area contributed by atoms with Crippen LogP contribution in [0.5, 0.6) is 0 Å². The smallest absolute Gasteiger partial charge is 0.276 e. The Bertz CT molecular complexity index is 1070. The van der Waals surface area contributed by atoms with Gasteiger partial charge in [0.05, 0.1) is 10.5 Å². The van der Waals surface area contributed by atoms with E-state index >= 15 is 0 Å². The van der Waals surface area contributed by atoms with Crippen molar-refractivity contribution in [3.05, 3.63) is 49.5 Å². The molecule has 5 heterocycles. The van der Waals surface area contributed by atoms with Crippen molar-refractivity contribution in [1.82, 2.24) is 24.5 Å². The van der Waals surface area contributed by atoms with E-state index in [1.165, 1.54) is 4.88 Å². The van der Waals surface area contributed by atoms with Gasteiger partial charge in [-0.3, -0.25) is 9.69 Å². The number of H-pyrrole nitrogens is 1. The van der Waals surface area contributed by atoms with E-state index in [9.17, 15) is 4.79 Å². The van der Waals surface area contributed by atoms with Crippen molar-refractivity contribution in [2.24, 2.45) is 5.92 Å². The van der Waals surface area contributed by atoms with E-state index in [0.29, 0.717) is 11.4 Å². The number of halogens is 1. The molecule has 2 aliphatic rings. The molecular weight excluding hydrogens is 410 g/mol. The SMILES string of the molecule is CC1CN(Cc2ccc(Cl)s2)CC1c1nn2c(C3CCOCC3)ncc2c(=O)[nH]1. The number of rotatable bonds is 4.